The van der Waals surface area contributed by atoms with E-state index in [4.69, 9.17) is 9.72 Å². The van der Waals surface area contributed by atoms with Crippen molar-refractivity contribution in [2.24, 2.45) is 11.8 Å². The van der Waals surface area contributed by atoms with Crippen LogP contribution in [0.5, 0.6) is 0 Å². The SMILES string of the molecule is COCCCNc1nc(C(C)(C)C)ncc1C(=O)CC1CNCC(C(=O)N2CCCC2)C1. The highest BCUT2D eigenvalue weighted by Crippen LogP contribution is 2.27. The van der Waals surface area contributed by atoms with E-state index in [1.165, 1.54) is 0 Å². The number of carbonyl (C=O) groups is 2. The topological polar surface area (TPSA) is 96.5 Å². The van der Waals surface area contributed by atoms with Crippen LogP contribution in [0, 0.1) is 11.8 Å². The fourth-order valence-electron chi connectivity index (χ4n) is 4.45. The Bertz CT molecular complexity index is 786. The average molecular weight is 446 g/mol. The van der Waals surface area contributed by atoms with E-state index in [9.17, 15) is 9.59 Å². The summed E-state index contributed by atoms with van der Waals surface area (Å²) in [6.07, 6.45) is 5.83. The quantitative estimate of drug-likeness (QED) is 0.445. The van der Waals surface area contributed by atoms with Crippen molar-refractivity contribution in [1.29, 1.82) is 0 Å². The fraction of sp³-hybridized carbons (Fsp3) is 0.750. The number of ketones is 1. The zero-order valence-corrected chi connectivity index (χ0v) is 20.1. The fourth-order valence-corrected chi connectivity index (χ4v) is 4.45. The number of carbonyl (C=O) groups excluding carboxylic acids is 2. The molecule has 8 nitrogen and oxygen atoms in total. The number of hydrogen-bond acceptors (Lipinski definition) is 7. The van der Waals surface area contributed by atoms with Gasteiger partial charge in [0.25, 0.3) is 0 Å². The van der Waals surface area contributed by atoms with E-state index in [0.717, 1.165) is 45.3 Å². The Labute approximate surface area is 191 Å². The summed E-state index contributed by atoms with van der Waals surface area (Å²) in [5, 5.41) is 6.69. The summed E-state index contributed by atoms with van der Waals surface area (Å²) in [6.45, 7) is 10.7. The standard InChI is InChI=1S/C24H39N5O3/c1-24(2,3)23-27-16-19(21(28-23)26-8-7-11-32-4)20(30)13-17-12-18(15-25-14-17)22(31)29-9-5-6-10-29/h16-18,25H,5-15H2,1-4H3,(H,26,27,28). The molecule has 2 unspecified atom stereocenters. The number of rotatable bonds is 9. The van der Waals surface area contributed by atoms with E-state index >= 15 is 0 Å². The molecule has 3 heterocycles. The molecular weight excluding hydrogens is 406 g/mol. The molecule has 1 aromatic heterocycles. The van der Waals surface area contributed by atoms with Crippen LogP contribution in [0.1, 0.15) is 69.1 Å². The minimum atomic E-state index is -0.207. The number of likely N-dealkylation sites (tertiary alicyclic amines) is 1. The molecular formula is C24H39N5O3. The second-order valence-corrected chi connectivity index (χ2v) is 10.1. The molecule has 0 radical (unpaired) electrons. The first-order valence-electron chi connectivity index (χ1n) is 11.9. The van der Waals surface area contributed by atoms with Crippen LogP contribution in [0.15, 0.2) is 6.20 Å². The van der Waals surface area contributed by atoms with Gasteiger partial charge in [-0.2, -0.15) is 0 Å². The van der Waals surface area contributed by atoms with Crippen molar-refractivity contribution in [3.8, 4) is 0 Å². The third-order valence-electron chi connectivity index (χ3n) is 6.26. The van der Waals surface area contributed by atoms with Gasteiger partial charge in [-0.25, -0.2) is 9.97 Å². The number of piperidine rings is 1. The zero-order valence-electron chi connectivity index (χ0n) is 20.1. The maximum Gasteiger partial charge on any atom is 0.226 e. The Hall–Kier alpha value is -2.06. The van der Waals surface area contributed by atoms with Crippen molar-refractivity contribution in [2.45, 2.75) is 58.3 Å². The number of methoxy groups -OCH3 is 1. The van der Waals surface area contributed by atoms with E-state index in [0.29, 0.717) is 43.3 Å². The van der Waals surface area contributed by atoms with Gasteiger partial charge in [-0.05, 0) is 38.1 Å². The molecule has 2 atom stereocenters. The molecule has 0 bridgehead atoms. The highest BCUT2D eigenvalue weighted by Gasteiger charge is 2.32. The van der Waals surface area contributed by atoms with Gasteiger partial charge in [0.05, 0.1) is 11.5 Å². The maximum absolute atomic E-state index is 13.2. The van der Waals surface area contributed by atoms with Gasteiger partial charge >= 0.3 is 0 Å². The normalized spacial score (nSPS) is 21.6. The van der Waals surface area contributed by atoms with Crippen LogP contribution in [0.2, 0.25) is 0 Å². The molecule has 1 aromatic rings. The van der Waals surface area contributed by atoms with Crippen molar-refractivity contribution >= 4 is 17.5 Å². The number of hydrogen-bond donors (Lipinski definition) is 2. The van der Waals surface area contributed by atoms with E-state index in [2.05, 4.69) is 36.4 Å². The van der Waals surface area contributed by atoms with Crippen LogP contribution in [-0.4, -0.2) is 73.0 Å². The van der Waals surface area contributed by atoms with Crippen molar-refractivity contribution < 1.29 is 14.3 Å². The highest BCUT2D eigenvalue weighted by molar-refractivity contribution is 6.00. The Morgan fingerprint density at radius 3 is 2.69 bits per heavy atom. The Morgan fingerprint density at radius 2 is 2.00 bits per heavy atom. The number of nitrogens with zero attached hydrogens (tertiary/aromatic N) is 3. The molecule has 1 amide bonds. The van der Waals surface area contributed by atoms with Gasteiger partial charge in [0.2, 0.25) is 5.91 Å². The number of ether oxygens (including phenoxy) is 1. The number of amides is 1. The summed E-state index contributed by atoms with van der Waals surface area (Å²) in [5.41, 5.74) is 0.324. The molecule has 8 heteroatoms. The Balaban J connectivity index is 1.67. The molecule has 3 rings (SSSR count). The van der Waals surface area contributed by atoms with Gasteiger partial charge in [-0.1, -0.05) is 20.8 Å². The van der Waals surface area contributed by atoms with Gasteiger partial charge in [-0.3, -0.25) is 9.59 Å². The van der Waals surface area contributed by atoms with Crippen LogP contribution in [-0.2, 0) is 14.9 Å². The van der Waals surface area contributed by atoms with Crippen LogP contribution >= 0.6 is 0 Å². The molecule has 0 aromatic carbocycles. The van der Waals surface area contributed by atoms with Crippen molar-refractivity contribution in [1.82, 2.24) is 20.2 Å². The summed E-state index contributed by atoms with van der Waals surface area (Å²) < 4.78 is 5.12. The summed E-state index contributed by atoms with van der Waals surface area (Å²) in [4.78, 5) is 37.2. The summed E-state index contributed by atoms with van der Waals surface area (Å²) in [7, 11) is 1.68. The predicted molar refractivity (Wildman–Crippen MR) is 125 cm³/mol. The monoisotopic (exact) mass is 445 g/mol. The van der Waals surface area contributed by atoms with Crippen molar-refractivity contribution in [2.75, 3.05) is 51.8 Å². The summed E-state index contributed by atoms with van der Waals surface area (Å²) in [5.74, 6) is 1.67. The Morgan fingerprint density at radius 1 is 1.25 bits per heavy atom. The first-order valence-corrected chi connectivity index (χ1v) is 11.9. The number of anilines is 1. The molecule has 178 valence electrons. The molecule has 2 N–H and O–H groups in total. The van der Waals surface area contributed by atoms with Crippen LogP contribution in [0.4, 0.5) is 5.82 Å². The van der Waals surface area contributed by atoms with Crippen LogP contribution in [0.25, 0.3) is 0 Å². The molecule has 32 heavy (non-hydrogen) atoms. The second-order valence-electron chi connectivity index (χ2n) is 10.1. The van der Waals surface area contributed by atoms with E-state index < -0.39 is 0 Å². The van der Waals surface area contributed by atoms with E-state index in [1.54, 1.807) is 13.3 Å². The van der Waals surface area contributed by atoms with E-state index in [-0.39, 0.29) is 28.9 Å². The number of Topliss-reactive ketones (excluding diaryl/α,β-unsaturated/α-hetero) is 1. The lowest BCUT2D eigenvalue weighted by molar-refractivity contribution is -0.135. The third-order valence-corrected chi connectivity index (χ3v) is 6.26. The minimum absolute atomic E-state index is 0.0285. The lowest BCUT2D eigenvalue weighted by Crippen LogP contribution is -2.45. The lowest BCUT2D eigenvalue weighted by Gasteiger charge is -2.31. The number of nitrogens with one attached hydrogen (secondary N) is 2. The first-order chi connectivity index (χ1) is 15.3. The summed E-state index contributed by atoms with van der Waals surface area (Å²) in [6, 6.07) is 0. The zero-order chi connectivity index (χ0) is 23.1. The second kappa shape index (κ2) is 11.2. The molecule has 2 aliphatic rings. The van der Waals surface area contributed by atoms with Crippen molar-refractivity contribution in [3.63, 3.8) is 0 Å². The maximum atomic E-state index is 13.2. The molecule has 0 spiro atoms. The predicted octanol–water partition coefficient (Wildman–Crippen LogP) is 2.64. The lowest BCUT2D eigenvalue weighted by atomic mass is 9.85. The highest BCUT2D eigenvalue weighted by atomic mass is 16.5. The van der Waals surface area contributed by atoms with E-state index in [1.807, 2.05) is 4.90 Å². The van der Waals surface area contributed by atoms with Gasteiger partial charge < -0.3 is 20.3 Å². The largest absolute Gasteiger partial charge is 0.385 e. The molecule has 2 aliphatic heterocycles. The smallest absolute Gasteiger partial charge is 0.226 e. The number of aromatic nitrogens is 2. The van der Waals surface area contributed by atoms with Crippen molar-refractivity contribution in [3.05, 3.63) is 17.6 Å². The average Bonchev–Trinajstić information content (AvgIpc) is 3.30. The molecule has 0 aliphatic carbocycles. The molecule has 2 fully saturated rings. The van der Waals surface area contributed by atoms with Gasteiger partial charge in [-0.15, -0.1) is 0 Å². The third kappa shape index (κ3) is 6.48. The first kappa shape index (κ1) is 24.6. The Kier molecular flexibility index (Phi) is 8.59. The van der Waals surface area contributed by atoms with Gasteiger partial charge in [0, 0.05) is 57.9 Å². The molecule has 2 saturated heterocycles. The minimum Gasteiger partial charge on any atom is -0.385 e. The van der Waals surface area contributed by atoms with Gasteiger partial charge in [0.1, 0.15) is 11.6 Å². The van der Waals surface area contributed by atoms with Gasteiger partial charge in [0.15, 0.2) is 5.78 Å². The summed E-state index contributed by atoms with van der Waals surface area (Å²) >= 11 is 0. The molecule has 0 saturated carbocycles. The van der Waals surface area contributed by atoms with Crippen LogP contribution in [0.3, 0.4) is 0 Å². The van der Waals surface area contributed by atoms with Crippen LogP contribution < -0.4 is 10.6 Å².